The smallest absolute Gasteiger partial charge is 0.251 e. The van der Waals surface area contributed by atoms with Crippen LogP contribution in [0.15, 0.2) is 29.1 Å². The Morgan fingerprint density at radius 1 is 1.29 bits per heavy atom. The molecule has 14 heavy (non-hydrogen) atoms. The Morgan fingerprint density at radius 2 is 2.00 bits per heavy atom. The van der Waals surface area contributed by atoms with Gasteiger partial charge in [0.15, 0.2) is 0 Å². The number of fused-ring (bicyclic) bond motifs is 1. The molecule has 2 aromatic rings. The number of rotatable bonds is 0. The molecule has 0 saturated carbocycles. The molecule has 0 amide bonds. The van der Waals surface area contributed by atoms with Crippen LogP contribution in [0.4, 0.5) is 0 Å². The minimum Gasteiger partial charge on any atom is -0.311 e. The van der Waals surface area contributed by atoms with Crippen LogP contribution in [0.3, 0.4) is 0 Å². The van der Waals surface area contributed by atoms with Gasteiger partial charge in [-0.05, 0) is 24.6 Å². The molecule has 72 valence electrons. The molecule has 3 heteroatoms. The number of hydrogen-bond donors (Lipinski definition) is 0. The van der Waals surface area contributed by atoms with E-state index in [2.05, 4.69) is 0 Å². The van der Waals surface area contributed by atoms with Gasteiger partial charge in [0.25, 0.3) is 5.56 Å². The van der Waals surface area contributed by atoms with E-state index < -0.39 is 0 Å². The molecule has 0 aliphatic carbocycles. The lowest BCUT2D eigenvalue weighted by Crippen LogP contribution is -2.16. The second kappa shape index (κ2) is 3.14. The number of aryl methyl sites for hydroxylation is 2. The molecule has 0 unspecified atom stereocenters. The Hall–Kier alpha value is -1.28. The summed E-state index contributed by atoms with van der Waals surface area (Å²) < 4.78 is 1.61. The van der Waals surface area contributed by atoms with Gasteiger partial charge >= 0.3 is 0 Å². The van der Waals surface area contributed by atoms with Gasteiger partial charge in [-0.25, -0.2) is 0 Å². The van der Waals surface area contributed by atoms with Crippen molar-refractivity contribution >= 4 is 22.5 Å². The Bertz CT molecular complexity index is 557. The lowest BCUT2D eigenvalue weighted by molar-refractivity contribution is 0.903. The van der Waals surface area contributed by atoms with Crippen molar-refractivity contribution in [2.75, 3.05) is 0 Å². The second-order valence-electron chi connectivity index (χ2n) is 3.39. The van der Waals surface area contributed by atoms with E-state index in [1.165, 1.54) is 0 Å². The molecule has 1 heterocycles. The quantitative estimate of drug-likeness (QED) is 0.651. The van der Waals surface area contributed by atoms with E-state index in [4.69, 9.17) is 11.6 Å². The largest absolute Gasteiger partial charge is 0.311 e. The number of halogens is 1. The van der Waals surface area contributed by atoms with Crippen molar-refractivity contribution in [3.63, 3.8) is 0 Å². The van der Waals surface area contributed by atoms with E-state index in [1.54, 1.807) is 17.7 Å². The summed E-state index contributed by atoms with van der Waals surface area (Å²) in [7, 11) is 1.75. The second-order valence-corrected chi connectivity index (χ2v) is 3.82. The zero-order chi connectivity index (χ0) is 10.3. The highest BCUT2D eigenvalue weighted by Crippen LogP contribution is 2.19. The zero-order valence-electron chi connectivity index (χ0n) is 8.04. The third kappa shape index (κ3) is 1.32. The minimum absolute atomic E-state index is 0.00253. The summed E-state index contributed by atoms with van der Waals surface area (Å²) in [4.78, 5) is 11.5. The van der Waals surface area contributed by atoms with Crippen molar-refractivity contribution in [2.24, 2.45) is 7.05 Å². The van der Waals surface area contributed by atoms with Gasteiger partial charge in [0.2, 0.25) is 0 Å². The number of nitrogens with zero attached hydrogens (tertiary/aromatic N) is 1. The molecule has 2 rings (SSSR count). The van der Waals surface area contributed by atoms with Crippen LogP contribution in [0.25, 0.3) is 10.9 Å². The van der Waals surface area contributed by atoms with Gasteiger partial charge in [0, 0.05) is 23.5 Å². The molecule has 0 N–H and O–H groups in total. The number of pyridine rings is 1. The first kappa shape index (κ1) is 9.28. The Kier molecular flexibility index (Phi) is 2.08. The summed E-state index contributed by atoms with van der Waals surface area (Å²) in [6.45, 7) is 1.93. The van der Waals surface area contributed by atoms with Gasteiger partial charge < -0.3 is 4.57 Å². The SMILES string of the molecule is Cc1cc(=O)n(C)c2cc(Cl)ccc12. The van der Waals surface area contributed by atoms with E-state index in [-0.39, 0.29) is 5.56 Å². The van der Waals surface area contributed by atoms with Gasteiger partial charge in [-0.3, -0.25) is 4.79 Å². The lowest BCUT2D eigenvalue weighted by atomic mass is 10.1. The average molecular weight is 208 g/mol. The highest BCUT2D eigenvalue weighted by Gasteiger charge is 2.03. The third-order valence-electron chi connectivity index (χ3n) is 2.42. The molecule has 1 aromatic heterocycles. The first-order valence-electron chi connectivity index (χ1n) is 4.35. The summed E-state index contributed by atoms with van der Waals surface area (Å²) in [6, 6.07) is 7.22. The maximum Gasteiger partial charge on any atom is 0.251 e. The molecule has 1 aromatic carbocycles. The summed E-state index contributed by atoms with van der Waals surface area (Å²) in [5.74, 6) is 0. The van der Waals surface area contributed by atoms with Crippen molar-refractivity contribution in [2.45, 2.75) is 6.92 Å². The predicted molar refractivity (Wildman–Crippen MR) is 58.9 cm³/mol. The summed E-state index contributed by atoms with van der Waals surface area (Å²) in [5.41, 5.74) is 1.86. The van der Waals surface area contributed by atoms with Crippen molar-refractivity contribution in [3.05, 3.63) is 45.2 Å². The van der Waals surface area contributed by atoms with Crippen LogP contribution in [0.5, 0.6) is 0 Å². The predicted octanol–water partition coefficient (Wildman–Crippen LogP) is 2.50. The number of benzene rings is 1. The van der Waals surface area contributed by atoms with Gasteiger partial charge in [-0.15, -0.1) is 0 Å². The summed E-state index contributed by atoms with van der Waals surface area (Å²) in [5, 5.41) is 1.72. The highest BCUT2D eigenvalue weighted by molar-refractivity contribution is 6.31. The highest BCUT2D eigenvalue weighted by atomic mass is 35.5. The minimum atomic E-state index is -0.00253. The topological polar surface area (TPSA) is 22.0 Å². The summed E-state index contributed by atoms with van der Waals surface area (Å²) in [6.07, 6.45) is 0. The fourth-order valence-electron chi connectivity index (χ4n) is 1.59. The fraction of sp³-hybridized carbons (Fsp3) is 0.182. The molecular weight excluding hydrogens is 198 g/mol. The van der Waals surface area contributed by atoms with Crippen LogP contribution < -0.4 is 5.56 Å². The maximum atomic E-state index is 11.5. The van der Waals surface area contributed by atoms with Gasteiger partial charge in [0.05, 0.1) is 5.52 Å². The van der Waals surface area contributed by atoms with Crippen LogP contribution in [0.1, 0.15) is 5.56 Å². The standard InChI is InChI=1S/C11H10ClNO/c1-7-5-11(14)13(2)10-6-8(12)3-4-9(7)10/h3-6H,1-2H3. The molecule has 0 radical (unpaired) electrons. The fourth-order valence-corrected chi connectivity index (χ4v) is 1.76. The van der Waals surface area contributed by atoms with Crippen LogP contribution in [-0.4, -0.2) is 4.57 Å². The molecule has 2 nitrogen and oxygen atoms in total. The Balaban J connectivity index is 3.03. The monoisotopic (exact) mass is 207 g/mol. The number of aromatic nitrogens is 1. The van der Waals surface area contributed by atoms with Crippen molar-refractivity contribution in [3.8, 4) is 0 Å². The van der Waals surface area contributed by atoms with E-state index in [1.807, 2.05) is 25.1 Å². The zero-order valence-corrected chi connectivity index (χ0v) is 8.80. The van der Waals surface area contributed by atoms with Gasteiger partial charge in [0.1, 0.15) is 0 Å². The van der Waals surface area contributed by atoms with Crippen LogP contribution >= 0.6 is 11.6 Å². The molecule has 0 spiro atoms. The molecule has 0 aliphatic heterocycles. The molecule has 0 bridgehead atoms. The maximum absolute atomic E-state index is 11.5. The van der Waals surface area contributed by atoms with E-state index in [9.17, 15) is 4.79 Å². The van der Waals surface area contributed by atoms with Crippen molar-refractivity contribution in [1.82, 2.24) is 4.57 Å². The first-order chi connectivity index (χ1) is 6.59. The average Bonchev–Trinajstić information content (AvgIpc) is 2.14. The molecule has 0 saturated heterocycles. The van der Waals surface area contributed by atoms with E-state index >= 15 is 0 Å². The van der Waals surface area contributed by atoms with E-state index in [0.717, 1.165) is 16.5 Å². The van der Waals surface area contributed by atoms with Gasteiger partial charge in [-0.2, -0.15) is 0 Å². The van der Waals surface area contributed by atoms with E-state index in [0.29, 0.717) is 5.02 Å². The number of hydrogen-bond acceptors (Lipinski definition) is 1. The summed E-state index contributed by atoms with van der Waals surface area (Å²) >= 11 is 5.88. The molecule has 0 fully saturated rings. The third-order valence-corrected chi connectivity index (χ3v) is 2.65. The van der Waals surface area contributed by atoms with Crippen LogP contribution in [-0.2, 0) is 7.05 Å². The normalized spacial score (nSPS) is 10.8. The Morgan fingerprint density at radius 3 is 2.71 bits per heavy atom. The lowest BCUT2D eigenvalue weighted by Gasteiger charge is -2.07. The molecule has 0 aliphatic rings. The van der Waals surface area contributed by atoms with Gasteiger partial charge in [-0.1, -0.05) is 17.7 Å². The van der Waals surface area contributed by atoms with Crippen LogP contribution in [0, 0.1) is 6.92 Å². The van der Waals surface area contributed by atoms with Crippen molar-refractivity contribution in [1.29, 1.82) is 0 Å². The Labute approximate surface area is 86.7 Å². The first-order valence-corrected chi connectivity index (χ1v) is 4.73. The molecule has 0 atom stereocenters. The van der Waals surface area contributed by atoms with Crippen molar-refractivity contribution < 1.29 is 0 Å². The van der Waals surface area contributed by atoms with Crippen LogP contribution in [0.2, 0.25) is 5.02 Å². The molecular formula is C11H10ClNO.